The molecular weight excluding hydrogens is 279 g/mol. The lowest BCUT2D eigenvalue weighted by Crippen LogP contribution is -2.51. The fourth-order valence-corrected chi connectivity index (χ4v) is 2.61. The minimum Gasteiger partial charge on any atom is -0.346 e. The Morgan fingerprint density at radius 1 is 1.35 bits per heavy atom. The van der Waals surface area contributed by atoms with E-state index in [0.717, 1.165) is 31.5 Å². The summed E-state index contributed by atoms with van der Waals surface area (Å²) >= 11 is 0. The highest BCUT2D eigenvalue weighted by molar-refractivity contribution is 5.85. The Labute approximate surface area is 124 Å². The average molecular weight is 299 g/mol. The van der Waals surface area contributed by atoms with Crippen LogP contribution in [0.1, 0.15) is 25.3 Å². The third kappa shape index (κ3) is 2.81. The molecule has 1 unspecified atom stereocenters. The first-order chi connectivity index (χ1) is 9.11. The number of carbonyl (C=O) groups is 1. The summed E-state index contributed by atoms with van der Waals surface area (Å²) in [6.45, 7) is 3.85. The van der Waals surface area contributed by atoms with Gasteiger partial charge >= 0.3 is 0 Å². The number of carbonyl (C=O) groups excluding carboxylic acids is 1. The summed E-state index contributed by atoms with van der Waals surface area (Å²) in [6, 6.07) is 6.47. The van der Waals surface area contributed by atoms with Gasteiger partial charge in [0.25, 0.3) is 0 Å². The van der Waals surface area contributed by atoms with Crippen molar-refractivity contribution in [3.8, 4) is 0 Å². The maximum absolute atomic E-state index is 13.0. The maximum Gasteiger partial charge on any atom is 0.223 e. The van der Waals surface area contributed by atoms with Gasteiger partial charge in [-0.3, -0.25) is 4.79 Å². The third-order valence-corrected chi connectivity index (χ3v) is 4.44. The van der Waals surface area contributed by atoms with Crippen molar-refractivity contribution in [2.75, 3.05) is 13.1 Å². The van der Waals surface area contributed by atoms with E-state index in [1.165, 1.54) is 12.1 Å². The number of hydrogen-bond acceptors (Lipinski definition) is 2. The Hall–Kier alpha value is -1.13. The van der Waals surface area contributed by atoms with E-state index >= 15 is 0 Å². The number of rotatable bonds is 4. The molecule has 5 heteroatoms. The standard InChI is InChI=1S/C15H19FN2O.ClH/c1-10(11-8-17-9-11)14(19)18-15(6-7-15)12-2-4-13(16)5-3-12;/h2-5,10-11,17H,6-9H2,1H3,(H,18,19);1H. The largest absolute Gasteiger partial charge is 0.346 e. The van der Waals surface area contributed by atoms with E-state index in [9.17, 15) is 9.18 Å². The van der Waals surface area contributed by atoms with Crippen LogP contribution in [0.5, 0.6) is 0 Å². The summed E-state index contributed by atoms with van der Waals surface area (Å²) in [5.74, 6) is 0.372. The Kier molecular flexibility index (Phi) is 4.35. The number of halogens is 2. The molecule has 1 aliphatic carbocycles. The predicted molar refractivity (Wildman–Crippen MR) is 78.2 cm³/mol. The molecule has 1 aromatic rings. The molecule has 3 nitrogen and oxygen atoms in total. The first-order valence-electron chi connectivity index (χ1n) is 6.89. The lowest BCUT2D eigenvalue weighted by atomic mass is 9.88. The quantitative estimate of drug-likeness (QED) is 0.895. The second-order valence-electron chi connectivity index (χ2n) is 5.79. The minimum atomic E-state index is -0.240. The molecule has 2 aliphatic rings. The molecular formula is C15H20ClFN2O. The third-order valence-electron chi connectivity index (χ3n) is 4.44. The molecule has 1 amide bonds. The molecule has 1 aliphatic heterocycles. The van der Waals surface area contributed by atoms with Gasteiger partial charge in [-0.25, -0.2) is 4.39 Å². The molecule has 20 heavy (non-hydrogen) atoms. The van der Waals surface area contributed by atoms with Crippen molar-refractivity contribution in [3.63, 3.8) is 0 Å². The van der Waals surface area contributed by atoms with Gasteiger partial charge in [-0.1, -0.05) is 19.1 Å². The first-order valence-corrected chi connectivity index (χ1v) is 6.89. The Bertz CT molecular complexity index is 483. The van der Waals surface area contributed by atoms with Crippen molar-refractivity contribution in [1.29, 1.82) is 0 Å². The van der Waals surface area contributed by atoms with E-state index in [1.54, 1.807) is 12.1 Å². The van der Waals surface area contributed by atoms with Gasteiger partial charge < -0.3 is 10.6 Å². The fraction of sp³-hybridized carbons (Fsp3) is 0.533. The summed E-state index contributed by atoms with van der Waals surface area (Å²) in [5.41, 5.74) is 0.775. The Balaban J connectivity index is 0.00000147. The Morgan fingerprint density at radius 3 is 2.40 bits per heavy atom. The normalized spacial score (nSPS) is 21.3. The van der Waals surface area contributed by atoms with E-state index in [2.05, 4.69) is 10.6 Å². The molecule has 2 N–H and O–H groups in total. The SMILES string of the molecule is CC(C(=O)NC1(c2ccc(F)cc2)CC1)C1CNC1.Cl. The van der Waals surface area contributed by atoms with E-state index in [1.807, 2.05) is 6.92 Å². The van der Waals surface area contributed by atoms with Gasteiger partial charge in [0.2, 0.25) is 5.91 Å². The van der Waals surface area contributed by atoms with Crippen molar-refractivity contribution in [2.45, 2.75) is 25.3 Å². The van der Waals surface area contributed by atoms with Crippen LogP contribution in [0.25, 0.3) is 0 Å². The monoisotopic (exact) mass is 298 g/mol. The summed E-state index contributed by atoms with van der Waals surface area (Å²) in [6.07, 6.45) is 1.89. The zero-order chi connectivity index (χ0) is 13.5. The Morgan fingerprint density at radius 2 is 1.95 bits per heavy atom. The molecule has 0 spiro atoms. The average Bonchev–Trinajstić information content (AvgIpc) is 3.08. The van der Waals surface area contributed by atoms with Gasteiger partial charge in [0.1, 0.15) is 5.82 Å². The first kappa shape index (κ1) is 15.3. The van der Waals surface area contributed by atoms with Gasteiger partial charge in [0.05, 0.1) is 5.54 Å². The zero-order valence-corrected chi connectivity index (χ0v) is 12.3. The van der Waals surface area contributed by atoms with Crippen molar-refractivity contribution < 1.29 is 9.18 Å². The van der Waals surface area contributed by atoms with Crippen LogP contribution in [-0.2, 0) is 10.3 Å². The lowest BCUT2D eigenvalue weighted by molar-refractivity contribution is -0.127. The smallest absolute Gasteiger partial charge is 0.223 e. The fourth-order valence-electron chi connectivity index (χ4n) is 2.61. The summed E-state index contributed by atoms with van der Waals surface area (Å²) in [7, 11) is 0. The van der Waals surface area contributed by atoms with Crippen LogP contribution in [0.2, 0.25) is 0 Å². The number of hydrogen-bond donors (Lipinski definition) is 2. The van der Waals surface area contributed by atoms with E-state index in [0.29, 0.717) is 5.92 Å². The van der Waals surface area contributed by atoms with E-state index in [-0.39, 0.29) is 35.6 Å². The predicted octanol–water partition coefficient (Wildman–Crippen LogP) is 2.21. The van der Waals surface area contributed by atoms with Crippen LogP contribution in [0, 0.1) is 17.7 Å². The summed E-state index contributed by atoms with van der Waals surface area (Å²) < 4.78 is 13.0. The van der Waals surface area contributed by atoms with Gasteiger partial charge in [-0.15, -0.1) is 12.4 Å². The van der Waals surface area contributed by atoms with Crippen LogP contribution in [0.4, 0.5) is 4.39 Å². The molecule has 3 rings (SSSR count). The second-order valence-corrected chi connectivity index (χ2v) is 5.79. The zero-order valence-electron chi connectivity index (χ0n) is 11.5. The topological polar surface area (TPSA) is 41.1 Å². The highest BCUT2D eigenvalue weighted by Crippen LogP contribution is 2.45. The second kappa shape index (κ2) is 5.70. The van der Waals surface area contributed by atoms with Crippen LogP contribution >= 0.6 is 12.4 Å². The lowest BCUT2D eigenvalue weighted by Gasteiger charge is -2.33. The molecule has 2 fully saturated rings. The number of amides is 1. The van der Waals surface area contributed by atoms with E-state index < -0.39 is 0 Å². The van der Waals surface area contributed by atoms with Gasteiger partial charge in [-0.2, -0.15) is 0 Å². The van der Waals surface area contributed by atoms with Crippen LogP contribution in [-0.4, -0.2) is 19.0 Å². The van der Waals surface area contributed by atoms with Crippen LogP contribution in [0.3, 0.4) is 0 Å². The molecule has 0 aromatic heterocycles. The van der Waals surface area contributed by atoms with Crippen molar-refractivity contribution in [3.05, 3.63) is 35.6 Å². The van der Waals surface area contributed by atoms with Crippen LogP contribution in [0.15, 0.2) is 24.3 Å². The summed E-state index contributed by atoms with van der Waals surface area (Å²) in [5, 5.41) is 6.35. The molecule has 0 bridgehead atoms. The number of benzene rings is 1. The molecule has 1 saturated carbocycles. The maximum atomic E-state index is 13.0. The van der Waals surface area contributed by atoms with Gasteiger partial charge in [0.15, 0.2) is 0 Å². The van der Waals surface area contributed by atoms with Crippen LogP contribution < -0.4 is 10.6 Å². The molecule has 1 aromatic carbocycles. The molecule has 1 heterocycles. The van der Waals surface area contributed by atoms with E-state index in [4.69, 9.17) is 0 Å². The molecule has 1 atom stereocenters. The van der Waals surface area contributed by atoms with Gasteiger partial charge in [0, 0.05) is 5.92 Å². The van der Waals surface area contributed by atoms with Crippen molar-refractivity contribution in [2.24, 2.45) is 11.8 Å². The minimum absolute atomic E-state index is 0. The number of nitrogens with one attached hydrogen (secondary N) is 2. The highest BCUT2D eigenvalue weighted by atomic mass is 35.5. The van der Waals surface area contributed by atoms with Crippen molar-refractivity contribution in [1.82, 2.24) is 10.6 Å². The molecule has 1 saturated heterocycles. The molecule has 110 valence electrons. The van der Waals surface area contributed by atoms with Crippen molar-refractivity contribution >= 4 is 18.3 Å². The highest BCUT2D eigenvalue weighted by Gasteiger charge is 2.46. The molecule has 0 radical (unpaired) electrons. The van der Waals surface area contributed by atoms with Gasteiger partial charge in [-0.05, 0) is 49.5 Å². The summed E-state index contributed by atoms with van der Waals surface area (Å²) in [4.78, 5) is 12.3.